The van der Waals surface area contributed by atoms with Gasteiger partial charge in [0, 0.05) is 30.4 Å². The van der Waals surface area contributed by atoms with Crippen molar-refractivity contribution in [3.8, 4) is 11.3 Å². The minimum Gasteiger partial charge on any atom is -0.393 e. The lowest BCUT2D eigenvalue weighted by molar-refractivity contribution is -0.115. The van der Waals surface area contributed by atoms with Crippen LogP contribution in [0.1, 0.15) is 41.6 Å². The summed E-state index contributed by atoms with van der Waals surface area (Å²) < 4.78 is 7.80. The molecule has 0 aliphatic heterocycles. The summed E-state index contributed by atoms with van der Waals surface area (Å²) in [4.78, 5) is 28.8. The number of ether oxygens (including phenoxy) is 1. The highest BCUT2D eigenvalue weighted by Crippen LogP contribution is 2.27. The van der Waals surface area contributed by atoms with E-state index >= 15 is 0 Å². The number of aromatic nitrogens is 2. The van der Waals surface area contributed by atoms with Crippen LogP contribution in [0.15, 0.2) is 48.1 Å². The summed E-state index contributed by atoms with van der Waals surface area (Å²) in [6.45, 7) is 0.386. The molecule has 1 saturated carbocycles. The monoisotopic (exact) mass is 468 g/mol. The highest BCUT2D eigenvalue weighted by molar-refractivity contribution is 7.14. The molecule has 3 N–H and O–H groups in total. The standard InChI is InChI=1S/C24H28N4O4S/c1-28-10-9-18(13-28)23(31)25-12-22(30)27-24-26-21(15-33-24)17-4-2-3-16(11-17)14-32-20-7-5-19(29)6-8-20/h2-4,9-11,13,15,19-20,29H,5-8,12,14H2,1H3,(H,25,31)(H,26,27,30). The second-order valence-corrected chi connectivity index (χ2v) is 9.13. The van der Waals surface area contributed by atoms with E-state index in [9.17, 15) is 14.7 Å². The number of nitrogens with one attached hydrogen (secondary N) is 2. The third-order valence-electron chi connectivity index (χ3n) is 5.61. The number of hydrogen-bond acceptors (Lipinski definition) is 6. The van der Waals surface area contributed by atoms with Crippen molar-refractivity contribution in [2.24, 2.45) is 7.05 Å². The zero-order valence-electron chi connectivity index (χ0n) is 18.5. The number of thiazole rings is 1. The number of rotatable bonds is 8. The van der Waals surface area contributed by atoms with E-state index < -0.39 is 0 Å². The molecule has 1 fully saturated rings. The van der Waals surface area contributed by atoms with Gasteiger partial charge in [0.1, 0.15) is 0 Å². The van der Waals surface area contributed by atoms with E-state index in [2.05, 4.69) is 15.6 Å². The Bertz CT molecular complexity index is 1100. The molecule has 1 aliphatic rings. The molecule has 2 heterocycles. The molecule has 0 bridgehead atoms. The molecular formula is C24H28N4O4S. The molecule has 2 aromatic heterocycles. The Morgan fingerprint density at radius 2 is 2.06 bits per heavy atom. The van der Waals surface area contributed by atoms with Gasteiger partial charge in [0.15, 0.2) is 5.13 Å². The summed E-state index contributed by atoms with van der Waals surface area (Å²) in [6.07, 6.45) is 6.85. The van der Waals surface area contributed by atoms with Gasteiger partial charge in [-0.25, -0.2) is 4.98 Å². The molecule has 4 rings (SSSR count). The quantitative estimate of drug-likeness (QED) is 0.470. The van der Waals surface area contributed by atoms with Crippen molar-refractivity contribution in [3.63, 3.8) is 0 Å². The first-order chi connectivity index (χ1) is 16.0. The number of aliphatic hydroxyl groups excluding tert-OH is 1. The Morgan fingerprint density at radius 3 is 2.82 bits per heavy atom. The van der Waals surface area contributed by atoms with Crippen LogP contribution in [0.4, 0.5) is 5.13 Å². The number of carbonyl (C=O) groups excluding carboxylic acids is 2. The third-order valence-corrected chi connectivity index (χ3v) is 6.36. The Labute approximate surface area is 196 Å². The van der Waals surface area contributed by atoms with E-state index in [1.807, 2.05) is 36.7 Å². The molecule has 33 heavy (non-hydrogen) atoms. The lowest BCUT2D eigenvalue weighted by Gasteiger charge is -2.25. The van der Waals surface area contributed by atoms with Gasteiger partial charge < -0.3 is 25.0 Å². The smallest absolute Gasteiger partial charge is 0.253 e. The van der Waals surface area contributed by atoms with Crippen LogP contribution in [0.5, 0.6) is 0 Å². The maximum absolute atomic E-state index is 12.2. The van der Waals surface area contributed by atoms with E-state index in [-0.39, 0.29) is 30.6 Å². The van der Waals surface area contributed by atoms with Gasteiger partial charge in [0.05, 0.1) is 36.6 Å². The molecule has 0 saturated heterocycles. The molecule has 0 spiro atoms. The van der Waals surface area contributed by atoms with E-state index in [4.69, 9.17) is 4.74 Å². The van der Waals surface area contributed by atoms with Gasteiger partial charge in [-0.2, -0.15) is 0 Å². The van der Waals surface area contributed by atoms with Gasteiger partial charge in [-0.05, 0) is 43.4 Å². The molecule has 1 aromatic carbocycles. The minimum absolute atomic E-state index is 0.131. The van der Waals surface area contributed by atoms with Crippen LogP contribution in [0.3, 0.4) is 0 Å². The van der Waals surface area contributed by atoms with Crippen molar-refractivity contribution in [1.29, 1.82) is 0 Å². The van der Waals surface area contributed by atoms with Crippen LogP contribution in [-0.4, -0.2) is 45.2 Å². The van der Waals surface area contributed by atoms with Crippen molar-refractivity contribution in [2.45, 2.75) is 44.5 Å². The van der Waals surface area contributed by atoms with Gasteiger partial charge in [-0.1, -0.05) is 18.2 Å². The third kappa shape index (κ3) is 6.50. The fourth-order valence-electron chi connectivity index (χ4n) is 3.77. The van der Waals surface area contributed by atoms with Crippen molar-refractivity contribution in [2.75, 3.05) is 11.9 Å². The molecule has 2 amide bonds. The average molecular weight is 469 g/mol. The molecule has 8 nitrogen and oxygen atoms in total. The number of aliphatic hydroxyl groups is 1. The van der Waals surface area contributed by atoms with Gasteiger partial charge in [0.25, 0.3) is 5.91 Å². The number of benzene rings is 1. The maximum atomic E-state index is 12.2. The number of aryl methyl sites for hydroxylation is 1. The van der Waals surface area contributed by atoms with Gasteiger partial charge in [-0.3, -0.25) is 9.59 Å². The predicted octanol–water partition coefficient (Wildman–Crippen LogP) is 3.34. The molecule has 174 valence electrons. The Hall–Kier alpha value is -3.01. The number of amides is 2. The van der Waals surface area contributed by atoms with Gasteiger partial charge in [-0.15, -0.1) is 11.3 Å². The van der Waals surface area contributed by atoms with Crippen molar-refractivity contribution in [3.05, 3.63) is 59.2 Å². The summed E-state index contributed by atoms with van der Waals surface area (Å²) in [6, 6.07) is 9.69. The molecule has 3 aromatic rings. The van der Waals surface area contributed by atoms with Crippen LogP contribution in [0.2, 0.25) is 0 Å². The maximum Gasteiger partial charge on any atom is 0.253 e. The highest BCUT2D eigenvalue weighted by Gasteiger charge is 2.19. The van der Waals surface area contributed by atoms with Crippen molar-refractivity contribution < 1.29 is 19.4 Å². The van der Waals surface area contributed by atoms with E-state index in [1.165, 1.54) is 11.3 Å². The second kappa shape index (κ2) is 10.7. The Morgan fingerprint density at radius 1 is 1.24 bits per heavy atom. The first-order valence-electron chi connectivity index (χ1n) is 11.0. The summed E-state index contributed by atoms with van der Waals surface area (Å²) >= 11 is 1.33. The SMILES string of the molecule is Cn1ccc(C(=O)NCC(=O)Nc2nc(-c3cccc(COC4CCC(O)CC4)c3)cs2)c1. The zero-order valence-corrected chi connectivity index (χ0v) is 19.3. The molecule has 0 atom stereocenters. The topological polar surface area (TPSA) is 105 Å². The number of anilines is 1. The number of carbonyl (C=O) groups is 2. The Balaban J connectivity index is 1.28. The Kier molecular flexibility index (Phi) is 7.54. The van der Waals surface area contributed by atoms with E-state index in [1.54, 1.807) is 23.0 Å². The molecule has 0 unspecified atom stereocenters. The van der Waals surface area contributed by atoms with E-state index in [0.717, 1.165) is 42.5 Å². The minimum atomic E-state index is -0.333. The van der Waals surface area contributed by atoms with Gasteiger partial charge >= 0.3 is 0 Å². The summed E-state index contributed by atoms with van der Waals surface area (Å²) in [5.74, 6) is -0.631. The first kappa shape index (κ1) is 23.2. The molecule has 0 radical (unpaired) electrons. The first-order valence-corrected chi connectivity index (χ1v) is 11.9. The molecule has 9 heteroatoms. The lowest BCUT2D eigenvalue weighted by atomic mass is 9.95. The normalized spacial score (nSPS) is 18.1. The highest BCUT2D eigenvalue weighted by atomic mass is 32.1. The van der Waals surface area contributed by atoms with Crippen molar-refractivity contribution in [1.82, 2.24) is 14.9 Å². The predicted molar refractivity (Wildman–Crippen MR) is 127 cm³/mol. The van der Waals surface area contributed by atoms with Gasteiger partial charge in [0.2, 0.25) is 5.91 Å². The van der Waals surface area contributed by atoms with Crippen LogP contribution in [0.25, 0.3) is 11.3 Å². The fraction of sp³-hybridized carbons (Fsp3) is 0.375. The van der Waals surface area contributed by atoms with Crippen LogP contribution in [0, 0.1) is 0 Å². The average Bonchev–Trinajstić information content (AvgIpc) is 3.46. The van der Waals surface area contributed by atoms with Crippen molar-refractivity contribution >= 4 is 28.3 Å². The fourth-order valence-corrected chi connectivity index (χ4v) is 4.51. The zero-order chi connectivity index (χ0) is 23.2. The largest absolute Gasteiger partial charge is 0.393 e. The lowest BCUT2D eigenvalue weighted by Crippen LogP contribution is -2.32. The number of nitrogens with zero attached hydrogens (tertiary/aromatic N) is 2. The van der Waals surface area contributed by atoms with Crippen LogP contribution in [-0.2, 0) is 23.2 Å². The summed E-state index contributed by atoms with van der Waals surface area (Å²) in [5.41, 5.74) is 3.28. The van der Waals surface area contributed by atoms with E-state index in [0.29, 0.717) is 17.3 Å². The second-order valence-electron chi connectivity index (χ2n) is 8.28. The van der Waals surface area contributed by atoms with Crippen LogP contribution < -0.4 is 10.6 Å². The molecule has 1 aliphatic carbocycles. The summed E-state index contributed by atoms with van der Waals surface area (Å²) in [7, 11) is 1.83. The summed E-state index contributed by atoms with van der Waals surface area (Å²) in [5, 5.41) is 17.3. The van der Waals surface area contributed by atoms with Crippen LogP contribution >= 0.6 is 11.3 Å². The molecular weight excluding hydrogens is 440 g/mol. The number of hydrogen-bond donors (Lipinski definition) is 3.